The van der Waals surface area contributed by atoms with Crippen LogP contribution in [0.15, 0.2) is 10.7 Å². The van der Waals surface area contributed by atoms with Crippen molar-refractivity contribution in [2.45, 2.75) is 19.5 Å². The van der Waals surface area contributed by atoms with E-state index in [9.17, 15) is 4.79 Å². The molecule has 0 bridgehead atoms. The molecule has 1 N–H and O–H groups in total. The average molecular weight is 230 g/mol. The smallest absolute Gasteiger partial charge is 0.269 e. The third-order valence-electron chi connectivity index (χ3n) is 1.81. The number of amides is 1. The van der Waals surface area contributed by atoms with E-state index >= 15 is 0 Å². The lowest BCUT2D eigenvalue weighted by molar-refractivity contribution is 0.0901. The second-order valence-electron chi connectivity index (χ2n) is 2.91. The molecule has 0 aromatic carbocycles. The van der Waals surface area contributed by atoms with Gasteiger partial charge in [0, 0.05) is 12.1 Å². The van der Waals surface area contributed by atoms with E-state index in [1.54, 1.807) is 10.7 Å². The number of rotatable bonds is 0. The Hall–Kier alpha value is -0.840. The van der Waals surface area contributed by atoms with Gasteiger partial charge in [0.2, 0.25) is 0 Å². The Morgan fingerprint density at radius 3 is 3.33 bits per heavy atom. The van der Waals surface area contributed by atoms with Gasteiger partial charge < -0.3 is 5.32 Å². The van der Waals surface area contributed by atoms with Crippen LogP contribution in [-0.2, 0) is 6.54 Å². The molecule has 0 aliphatic carbocycles. The SMILES string of the molecule is C[C@H]1Cn2nc(Br)cc2C(=O)N1. The summed E-state index contributed by atoms with van der Waals surface area (Å²) in [7, 11) is 0. The van der Waals surface area contributed by atoms with E-state index < -0.39 is 0 Å². The molecule has 2 rings (SSSR count). The maximum atomic E-state index is 11.3. The van der Waals surface area contributed by atoms with Crippen LogP contribution in [0.5, 0.6) is 0 Å². The van der Waals surface area contributed by atoms with Crippen molar-refractivity contribution in [2.24, 2.45) is 0 Å². The van der Waals surface area contributed by atoms with Gasteiger partial charge >= 0.3 is 0 Å². The lowest BCUT2D eigenvalue weighted by atomic mass is 10.2. The Balaban J connectivity index is 2.46. The van der Waals surface area contributed by atoms with E-state index in [0.717, 1.165) is 6.54 Å². The molecule has 0 saturated heterocycles. The number of nitrogens with zero attached hydrogens (tertiary/aromatic N) is 2. The fourth-order valence-corrected chi connectivity index (χ4v) is 1.72. The zero-order chi connectivity index (χ0) is 8.72. The molecule has 0 unspecified atom stereocenters. The number of halogens is 1. The highest BCUT2D eigenvalue weighted by Gasteiger charge is 2.22. The summed E-state index contributed by atoms with van der Waals surface area (Å²) in [6.45, 7) is 2.70. The van der Waals surface area contributed by atoms with Gasteiger partial charge in [-0.1, -0.05) is 0 Å². The van der Waals surface area contributed by atoms with Gasteiger partial charge in [-0.2, -0.15) is 5.10 Å². The van der Waals surface area contributed by atoms with Crippen LogP contribution in [0.2, 0.25) is 0 Å². The van der Waals surface area contributed by atoms with Crippen molar-refractivity contribution in [3.8, 4) is 0 Å². The van der Waals surface area contributed by atoms with Crippen molar-refractivity contribution in [1.82, 2.24) is 15.1 Å². The Kier molecular flexibility index (Phi) is 1.68. The monoisotopic (exact) mass is 229 g/mol. The van der Waals surface area contributed by atoms with Crippen LogP contribution in [-0.4, -0.2) is 21.7 Å². The van der Waals surface area contributed by atoms with E-state index in [-0.39, 0.29) is 11.9 Å². The van der Waals surface area contributed by atoms with Crippen LogP contribution < -0.4 is 5.32 Å². The molecule has 0 fully saturated rings. The van der Waals surface area contributed by atoms with Gasteiger partial charge in [0.05, 0.1) is 6.54 Å². The number of hydrogen-bond acceptors (Lipinski definition) is 2. The number of carbonyl (C=O) groups is 1. The second-order valence-corrected chi connectivity index (χ2v) is 3.72. The maximum absolute atomic E-state index is 11.3. The quantitative estimate of drug-likeness (QED) is 0.715. The summed E-state index contributed by atoms with van der Waals surface area (Å²) >= 11 is 3.23. The molecule has 12 heavy (non-hydrogen) atoms. The van der Waals surface area contributed by atoms with Gasteiger partial charge in [0.25, 0.3) is 5.91 Å². The molecular formula is C7H8BrN3O. The van der Waals surface area contributed by atoms with Gasteiger partial charge in [-0.05, 0) is 22.9 Å². The molecule has 1 aromatic heterocycles. The van der Waals surface area contributed by atoms with Crippen LogP contribution in [0.4, 0.5) is 0 Å². The first kappa shape index (κ1) is 7.79. The summed E-state index contributed by atoms with van der Waals surface area (Å²) in [6, 6.07) is 1.89. The van der Waals surface area contributed by atoms with Crippen LogP contribution >= 0.6 is 15.9 Å². The highest BCUT2D eigenvalue weighted by atomic mass is 79.9. The molecule has 4 nitrogen and oxygen atoms in total. The summed E-state index contributed by atoms with van der Waals surface area (Å²) in [5.41, 5.74) is 0.625. The first-order valence-corrected chi connectivity index (χ1v) is 4.50. The molecule has 1 aliphatic heterocycles. The lowest BCUT2D eigenvalue weighted by Gasteiger charge is -2.20. The minimum Gasteiger partial charge on any atom is -0.346 e. The Morgan fingerprint density at radius 1 is 1.83 bits per heavy atom. The maximum Gasteiger partial charge on any atom is 0.269 e. The van der Waals surface area contributed by atoms with Gasteiger partial charge in [-0.3, -0.25) is 9.48 Å². The van der Waals surface area contributed by atoms with Gasteiger partial charge in [-0.15, -0.1) is 0 Å². The molecule has 1 atom stereocenters. The third-order valence-corrected chi connectivity index (χ3v) is 2.19. The minimum absolute atomic E-state index is 0.0491. The van der Waals surface area contributed by atoms with Crippen LogP contribution in [0.3, 0.4) is 0 Å². The van der Waals surface area contributed by atoms with Gasteiger partial charge in [0.1, 0.15) is 10.3 Å². The summed E-state index contributed by atoms with van der Waals surface area (Å²) in [6.07, 6.45) is 0. The topological polar surface area (TPSA) is 46.9 Å². The normalized spacial score (nSPS) is 21.8. The summed E-state index contributed by atoms with van der Waals surface area (Å²) in [4.78, 5) is 11.3. The third kappa shape index (κ3) is 1.14. The first-order valence-electron chi connectivity index (χ1n) is 3.71. The van der Waals surface area contributed by atoms with Crippen LogP contribution in [0.25, 0.3) is 0 Å². The Morgan fingerprint density at radius 2 is 2.58 bits per heavy atom. The van der Waals surface area contributed by atoms with Gasteiger partial charge in [0.15, 0.2) is 0 Å². The number of carbonyl (C=O) groups excluding carboxylic acids is 1. The predicted octanol–water partition coefficient (Wildman–Crippen LogP) is 0.778. The van der Waals surface area contributed by atoms with Crippen LogP contribution in [0, 0.1) is 0 Å². The molecule has 64 valence electrons. The molecular weight excluding hydrogens is 222 g/mol. The largest absolute Gasteiger partial charge is 0.346 e. The summed E-state index contributed by atoms with van der Waals surface area (Å²) in [5.74, 6) is -0.0491. The predicted molar refractivity (Wildman–Crippen MR) is 46.9 cm³/mol. The van der Waals surface area contributed by atoms with E-state index in [1.807, 2.05) is 6.92 Å². The standard InChI is InChI=1S/C7H8BrN3O/c1-4-3-11-5(7(12)9-4)2-6(8)10-11/h2,4H,3H2,1H3,(H,9,12)/t4-/m0/s1. The molecule has 1 amide bonds. The number of fused-ring (bicyclic) bond motifs is 1. The fourth-order valence-electron chi connectivity index (χ4n) is 1.31. The van der Waals surface area contributed by atoms with Crippen molar-refractivity contribution in [2.75, 3.05) is 0 Å². The number of hydrogen-bond donors (Lipinski definition) is 1. The van der Waals surface area contributed by atoms with E-state index in [2.05, 4.69) is 26.3 Å². The Labute approximate surface area is 78.1 Å². The molecule has 5 heteroatoms. The van der Waals surface area contributed by atoms with Crippen molar-refractivity contribution in [3.05, 3.63) is 16.4 Å². The molecule has 1 aliphatic rings. The Bertz CT molecular complexity index is 333. The highest BCUT2D eigenvalue weighted by Crippen LogP contribution is 2.14. The minimum atomic E-state index is -0.0491. The molecule has 1 aromatic rings. The van der Waals surface area contributed by atoms with Crippen LogP contribution in [0.1, 0.15) is 17.4 Å². The van der Waals surface area contributed by atoms with Crippen molar-refractivity contribution < 1.29 is 4.79 Å². The van der Waals surface area contributed by atoms with Crippen molar-refractivity contribution in [3.63, 3.8) is 0 Å². The number of aromatic nitrogens is 2. The molecule has 2 heterocycles. The summed E-state index contributed by atoms with van der Waals surface area (Å²) < 4.78 is 2.43. The average Bonchev–Trinajstić information content (AvgIpc) is 2.29. The number of nitrogens with one attached hydrogen (secondary N) is 1. The lowest BCUT2D eigenvalue weighted by Crippen LogP contribution is -2.42. The van der Waals surface area contributed by atoms with Crippen molar-refractivity contribution >= 4 is 21.8 Å². The molecule has 0 spiro atoms. The molecule has 0 radical (unpaired) electrons. The first-order chi connectivity index (χ1) is 5.66. The van der Waals surface area contributed by atoms with Gasteiger partial charge in [-0.25, -0.2) is 0 Å². The zero-order valence-electron chi connectivity index (χ0n) is 6.54. The second kappa shape index (κ2) is 2.58. The zero-order valence-corrected chi connectivity index (χ0v) is 8.13. The van der Waals surface area contributed by atoms with E-state index in [4.69, 9.17) is 0 Å². The highest BCUT2D eigenvalue weighted by molar-refractivity contribution is 9.10. The summed E-state index contributed by atoms with van der Waals surface area (Å²) in [5, 5.41) is 6.95. The van der Waals surface area contributed by atoms with E-state index in [1.165, 1.54) is 0 Å². The van der Waals surface area contributed by atoms with Crippen molar-refractivity contribution in [1.29, 1.82) is 0 Å². The fraction of sp³-hybridized carbons (Fsp3) is 0.429. The van der Waals surface area contributed by atoms with E-state index in [0.29, 0.717) is 10.3 Å². The molecule has 0 saturated carbocycles.